The van der Waals surface area contributed by atoms with Crippen LogP contribution in [-0.4, -0.2) is 42.5 Å². The molecular formula is C14H15Br2NO5. The average molecular weight is 437 g/mol. The summed E-state index contributed by atoms with van der Waals surface area (Å²) in [4.78, 5) is 27.5. The fraction of sp³-hybridized carbons (Fsp3) is 0.357. The smallest absolute Gasteiger partial charge is 0.342 e. The van der Waals surface area contributed by atoms with Crippen LogP contribution < -0.4 is 0 Å². The van der Waals surface area contributed by atoms with Crippen LogP contribution in [-0.2, 0) is 19.1 Å². The van der Waals surface area contributed by atoms with Crippen molar-refractivity contribution in [1.82, 2.24) is 0 Å². The molecule has 120 valence electrons. The van der Waals surface area contributed by atoms with E-state index >= 15 is 0 Å². The van der Waals surface area contributed by atoms with Crippen molar-refractivity contribution in [3.63, 3.8) is 0 Å². The number of ether oxygens (including phenoxy) is 2. The SMILES string of the molecule is CCOC(=O)C(/N=C/c1cc(Br)cc(Br)c1O)C(=O)OCC. The Balaban J connectivity index is 3.07. The maximum absolute atomic E-state index is 11.8. The van der Waals surface area contributed by atoms with Gasteiger partial charge in [0.25, 0.3) is 0 Å². The van der Waals surface area contributed by atoms with Crippen LogP contribution in [0.2, 0.25) is 0 Å². The summed E-state index contributed by atoms with van der Waals surface area (Å²) < 4.78 is 10.8. The van der Waals surface area contributed by atoms with Gasteiger partial charge in [-0.1, -0.05) is 15.9 Å². The molecule has 22 heavy (non-hydrogen) atoms. The Morgan fingerprint density at radius 2 is 1.77 bits per heavy atom. The highest BCUT2D eigenvalue weighted by Crippen LogP contribution is 2.30. The minimum Gasteiger partial charge on any atom is -0.506 e. The lowest BCUT2D eigenvalue weighted by molar-refractivity contribution is -0.156. The Bertz CT molecular complexity index is 571. The van der Waals surface area contributed by atoms with Gasteiger partial charge in [0, 0.05) is 16.3 Å². The number of halogens is 2. The van der Waals surface area contributed by atoms with E-state index in [4.69, 9.17) is 9.47 Å². The van der Waals surface area contributed by atoms with E-state index in [0.717, 1.165) is 0 Å². The zero-order valence-electron chi connectivity index (χ0n) is 12.0. The maximum Gasteiger partial charge on any atom is 0.342 e. The normalized spacial score (nSPS) is 11.0. The van der Waals surface area contributed by atoms with Gasteiger partial charge in [0.2, 0.25) is 6.04 Å². The largest absolute Gasteiger partial charge is 0.506 e. The standard InChI is InChI=1S/C14H15Br2NO5/c1-3-21-13(19)11(14(20)22-4-2)17-7-8-5-9(15)6-10(16)12(8)18/h5-7,11,18H,3-4H2,1-2H3/b17-7+. The number of hydrogen-bond acceptors (Lipinski definition) is 6. The number of rotatable bonds is 6. The second-order valence-electron chi connectivity index (χ2n) is 4.01. The van der Waals surface area contributed by atoms with Crippen molar-refractivity contribution in [2.45, 2.75) is 19.9 Å². The fourth-order valence-corrected chi connectivity index (χ4v) is 2.76. The van der Waals surface area contributed by atoms with Crippen LogP contribution in [0.5, 0.6) is 5.75 Å². The highest BCUT2D eigenvalue weighted by Gasteiger charge is 2.28. The molecule has 0 aromatic heterocycles. The van der Waals surface area contributed by atoms with Crippen LogP contribution in [0.3, 0.4) is 0 Å². The van der Waals surface area contributed by atoms with Gasteiger partial charge < -0.3 is 14.6 Å². The Morgan fingerprint density at radius 3 is 2.27 bits per heavy atom. The quantitative estimate of drug-likeness (QED) is 0.421. The van der Waals surface area contributed by atoms with Crippen molar-refractivity contribution in [1.29, 1.82) is 0 Å². The van der Waals surface area contributed by atoms with Gasteiger partial charge in [-0.15, -0.1) is 0 Å². The summed E-state index contributed by atoms with van der Waals surface area (Å²) in [5.41, 5.74) is 0.333. The van der Waals surface area contributed by atoms with Crippen LogP contribution in [0.25, 0.3) is 0 Å². The Kier molecular flexibility index (Phi) is 7.53. The number of phenolic OH excluding ortho intramolecular Hbond substituents is 1. The molecule has 0 aliphatic carbocycles. The topological polar surface area (TPSA) is 85.2 Å². The average Bonchev–Trinajstić information content (AvgIpc) is 2.44. The summed E-state index contributed by atoms with van der Waals surface area (Å²) in [5.74, 6) is -1.66. The van der Waals surface area contributed by atoms with Gasteiger partial charge in [0.05, 0.1) is 17.7 Å². The predicted octanol–water partition coefficient (Wildman–Crippen LogP) is 2.83. The van der Waals surface area contributed by atoms with Gasteiger partial charge >= 0.3 is 11.9 Å². The summed E-state index contributed by atoms with van der Waals surface area (Å²) >= 11 is 6.46. The number of esters is 2. The molecule has 8 heteroatoms. The number of phenols is 1. The number of carbonyl (C=O) groups excluding carboxylic acids is 2. The number of aromatic hydroxyl groups is 1. The number of benzene rings is 1. The van der Waals surface area contributed by atoms with Crippen LogP contribution in [0, 0.1) is 0 Å². The van der Waals surface area contributed by atoms with Gasteiger partial charge in [-0.05, 0) is 41.9 Å². The first-order chi connectivity index (χ1) is 10.4. The van der Waals surface area contributed by atoms with E-state index in [9.17, 15) is 14.7 Å². The molecular weight excluding hydrogens is 422 g/mol. The van der Waals surface area contributed by atoms with E-state index in [-0.39, 0.29) is 19.0 Å². The Hall–Kier alpha value is -1.41. The van der Waals surface area contributed by atoms with E-state index in [0.29, 0.717) is 14.5 Å². The summed E-state index contributed by atoms with van der Waals surface area (Å²) in [6.07, 6.45) is 1.23. The van der Waals surface area contributed by atoms with Crippen LogP contribution in [0.1, 0.15) is 19.4 Å². The van der Waals surface area contributed by atoms with Crippen LogP contribution in [0.4, 0.5) is 0 Å². The molecule has 0 bridgehead atoms. The lowest BCUT2D eigenvalue weighted by Crippen LogP contribution is -2.32. The molecule has 0 unspecified atom stereocenters. The van der Waals surface area contributed by atoms with Gasteiger partial charge in [-0.3, -0.25) is 4.99 Å². The number of aliphatic imine (C=N–C) groups is 1. The van der Waals surface area contributed by atoms with E-state index in [1.165, 1.54) is 6.21 Å². The minimum absolute atomic E-state index is 0.0570. The molecule has 0 atom stereocenters. The van der Waals surface area contributed by atoms with Gasteiger partial charge in [-0.25, -0.2) is 9.59 Å². The van der Waals surface area contributed by atoms with Crippen molar-refractivity contribution < 1.29 is 24.2 Å². The summed E-state index contributed by atoms with van der Waals surface area (Å²) in [7, 11) is 0. The molecule has 6 nitrogen and oxygen atoms in total. The van der Waals surface area contributed by atoms with Crippen LogP contribution in [0.15, 0.2) is 26.1 Å². The van der Waals surface area contributed by atoms with Crippen LogP contribution >= 0.6 is 31.9 Å². The molecule has 0 amide bonds. The monoisotopic (exact) mass is 435 g/mol. The molecule has 0 aliphatic heterocycles. The first-order valence-electron chi connectivity index (χ1n) is 6.45. The van der Waals surface area contributed by atoms with Crippen molar-refractivity contribution in [3.8, 4) is 5.75 Å². The highest BCUT2D eigenvalue weighted by atomic mass is 79.9. The molecule has 1 aromatic rings. The number of carbonyl (C=O) groups is 2. The third-order valence-electron chi connectivity index (χ3n) is 2.44. The second-order valence-corrected chi connectivity index (χ2v) is 5.78. The predicted molar refractivity (Wildman–Crippen MR) is 88.2 cm³/mol. The van der Waals surface area contributed by atoms with E-state index in [2.05, 4.69) is 36.9 Å². The zero-order chi connectivity index (χ0) is 16.7. The lowest BCUT2D eigenvalue weighted by Gasteiger charge is -2.10. The first kappa shape index (κ1) is 18.6. The number of hydrogen-bond donors (Lipinski definition) is 1. The van der Waals surface area contributed by atoms with Crippen molar-refractivity contribution in [2.24, 2.45) is 4.99 Å². The van der Waals surface area contributed by atoms with E-state index < -0.39 is 18.0 Å². The lowest BCUT2D eigenvalue weighted by atomic mass is 10.2. The van der Waals surface area contributed by atoms with Crippen molar-refractivity contribution >= 4 is 50.0 Å². The summed E-state index contributed by atoms with van der Waals surface area (Å²) in [5, 5.41) is 9.93. The third-order valence-corrected chi connectivity index (χ3v) is 3.50. The second kappa shape index (κ2) is 8.89. The van der Waals surface area contributed by atoms with Gasteiger partial charge in [0.1, 0.15) is 5.75 Å². The third kappa shape index (κ3) is 5.10. The first-order valence-corrected chi connectivity index (χ1v) is 8.03. The summed E-state index contributed by atoms with van der Waals surface area (Å²) in [6, 6.07) is 1.83. The Labute approximate surface area is 144 Å². The molecule has 0 spiro atoms. The molecule has 0 saturated carbocycles. The van der Waals surface area contributed by atoms with Crippen molar-refractivity contribution in [2.75, 3.05) is 13.2 Å². The summed E-state index contributed by atoms with van der Waals surface area (Å²) in [6.45, 7) is 3.50. The Morgan fingerprint density at radius 1 is 1.23 bits per heavy atom. The van der Waals surface area contributed by atoms with E-state index in [1.54, 1.807) is 26.0 Å². The molecule has 0 heterocycles. The van der Waals surface area contributed by atoms with E-state index in [1.807, 2.05) is 0 Å². The fourth-order valence-electron chi connectivity index (χ4n) is 1.50. The maximum atomic E-state index is 11.8. The minimum atomic E-state index is -1.42. The molecule has 1 rings (SSSR count). The highest BCUT2D eigenvalue weighted by molar-refractivity contribution is 9.11. The molecule has 0 radical (unpaired) electrons. The van der Waals surface area contributed by atoms with Gasteiger partial charge in [0.15, 0.2) is 0 Å². The van der Waals surface area contributed by atoms with Gasteiger partial charge in [-0.2, -0.15) is 0 Å². The molecule has 0 fully saturated rings. The zero-order valence-corrected chi connectivity index (χ0v) is 15.2. The number of nitrogens with zero attached hydrogens (tertiary/aromatic N) is 1. The molecule has 0 saturated heterocycles. The molecule has 1 aromatic carbocycles. The van der Waals surface area contributed by atoms with Crippen molar-refractivity contribution in [3.05, 3.63) is 26.6 Å². The molecule has 0 aliphatic rings. The molecule has 1 N–H and O–H groups in total.